The summed E-state index contributed by atoms with van der Waals surface area (Å²) in [6, 6.07) is 7.47. The van der Waals surface area contributed by atoms with E-state index in [0.29, 0.717) is 32.8 Å². The average molecular weight is 361 g/mol. The summed E-state index contributed by atoms with van der Waals surface area (Å²) >= 11 is 7.31. The van der Waals surface area contributed by atoms with Gasteiger partial charge in [-0.05, 0) is 45.4 Å². The van der Waals surface area contributed by atoms with E-state index in [9.17, 15) is 10.1 Å². The molecule has 0 radical (unpaired) electrons. The first-order valence-corrected chi connectivity index (χ1v) is 8.57. The van der Waals surface area contributed by atoms with Crippen molar-refractivity contribution in [2.75, 3.05) is 5.32 Å². The molecule has 2 rings (SSSR count). The second-order valence-corrected chi connectivity index (χ2v) is 7.05. The third kappa shape index (κ3) is 4.05. The molecule has 0 aliphatic heterocycles. The normalized spacial score (nSPS) is 11.7. The van der Waals surface area contributed by atoms with E-state index >= 15 is 0 Å². The van der Waals surface area contributed by atoms with Crippen LogP contribution in [0.15, 0.2) is 23.2 Å². The molecule has 1 N–H and O–H groups in total. The monoisotopic (exact) mass is 360 g/mol. The van der Waals surface area contributed by atoms with Crippen LogP contribution in [-0.4, -0.2) is 21.1 Å². The van der Waals surface area contributed by atoms with Crippen LogP contribution in [0.2, 0.25) is 5.02 Å². The third-order valence-electron chi connectivity index (χ3n) is 3.46. The van der Waals surface area contributed by atoms with Crippen molar-refractivity contribution in [1.29, 1.82) is 5.26 Å². The second kappa shape index (κ2) is 7.65. The Labute approximate surface area is 150 Å². The van der Waals surface area contributed by atoms with Crippen LogP contribution in [-0.2, 0) is 4.79 Å². The van der Waals surface area contributed by atoms with Crippen molar-refractivity contribution in [2.45, 2.75) is 38.0 Å². The molecule has 24 heavy (non-hydrogen) atoms. The zero-order valence-corrected chi connectivity index (χ0v) is 15.4. The lowest BCUT2D eigenvalue weighted by atomic mass is 10.2. The third-order valence-corrected chi connectivity index (χ3v) is 4.96. The minimum atomic E-state index is -0.427. The number of aromatic nitrogens is 2. The number of rotatable bonds is 4. The summed E-state index contributed by atoms with van der Waals surface area (Å²) in [6.45, 7) is 7.14. The molecule has 1 aromatic heterocycles. The summed E-state index contributed by atoms with van der Waals surface area (Å²) < 4.78 is 0. The van der Waals surface area contributed by atoms with Crippen LogP contribution < -0.4 is 5.32 Å². The second-order valence-electron chi connectivity index (χ2n) is 5.31. The molecule has 2 aromatic rings. The number of nitriles is 1. The molecule has 0 bridgehead atoms. The molecule has 7 heteroatoms. The minimum Gasteiger partial charge on any atom is -0.325 e. The van der Waals surface area contributed by atoms with Gasteiger partial charge in [0.05, 0.1) is 10.9 Å². The number of carbonyl (C=O) groups is 1. The number of anilines is 1. The van der Waals surface area contributed by atoms with Crippen molar-refractivity contribution in [1.82, 2.24) is 9.97 Å². The predicted octanol–water partition coefficient (Wildman–Crippen LogP) is 4.05. The molecule has 1 amide bonds. The van der Waals surface area contributed by atoms with Gasteiger partial charge < -0.3 is 5.32 Å². The van der Waals surface area contributed by atoms with Gasteiger partial charge >= 0.3 is 0 Å². The Hall–Kier alpha value is -2.10. The highest BCUT2D eigenvalue weighted by Gasteiger charge is 2.20. The number of amides is 1. The van der Waals surface area contributed by atoms with Gasteiger partial charge in [-0.15, -0.1) is 0 Å². The fraction of sp³-hybridized carbons (Fsp3) is 0.294. The number of carbonyl (C=O) groups excluding carboxylic acids is 1. The Morgan fingerprint density at radius 1 is 1.33 bits per heavy atom. The maximum absolute atomic E-state index is 12.4. The Morgan fingerprint density at radius 3 is 2.71 bits per heavy atom. The number of aryl methyl sites for hydroxylation is 2. The highest BCUT2D eigenvalue weighted by Crippen LogP contribution is 2.28. The number of hydrogen-bond donors (Lipinski definition) is 1. The van der Waals surface area contributed by atoms with Crippen molar-refractivity contribution in [2.24, 2.45) is 0 Å². The van der Waals surface area contributed by atoms with Gasteiger partial charge in [0, 0.05) is 10.7 Å². The standard InChI is InChI=1S/C17H17ClN4OS/c1-9-14(18)6-5-7-15(9)22-16(23)11(3)24-17-13(8-19)10(2)20-12(4)21-17/h5-7,11H,1-4H3,(H,22,23). The Balaban J connectivity index is 2.18. The van der Waals surface area contributed by atoms with Crippen molar-refractivity contribution >= 4 is 35.0 Å². The summed E-state index contributed by atoms with van der Waals surface area (Å²) in [7, 11) is 0. The van der Waals surface area contributed by atoms with E-state index in [1.165, 1.54) is 11.8 Å². The molecule has 1 atom stereocenters. The van der Waals surface area contributed by atoms with Gasteiger partial charge in [0.2, 0.25) is 5.91 Å². The Kier molecular flexibility index (Phi) is 5.81. The summed E-state index contributed by atoms with van der Waals surface area (Å²) in [5.74, 6) is 0.399. The molecule has 1 unspecified atom stereocenters. The summed E-state index contributed by atoms with van der Waals surface area (Å²) in [4.78, 5) is 20.9. The SMILES string of the molecule is Cc1nc(C)c(C#N)c(SC(C)C(=O)Nc2cccc(Cl)c2C)n1. The predicted molar refractivity (Wildman–Crippen MR) is 96.4 cm³/mol. The van der Waals surface area contributed by atoms with E-state index in [-0.39, 0.29) is 5.91 Å². The lowest BCUT2D eigenvalue weighted by Gasteiger charge is -2.15. The number of benzene rings is 1. The first kappa shape index (κ1) is 18.2. The molecular weight excluding hydrogens is 344 g/mol. The number of nitrogens with zero attached hydrogens (tertiary/aromatic N) is 3. The van der Waals surface area contributed by atoms with Crippen LogP contribution in [0.3, 0.4) is 0 Å². The van der Waals surface area contributed by atoms with Crippen molar-refractivity contribution in [3.05, 3.63) is 45.9 Å². The first-order valence-electron chi connectivity index (χ1n) is 7.31. The van der Waals surface area contributed by atoms with Gasteiger partial charge in [0.15, 0.2) is 0 Å². The molecule has 0 aliphatic carbocycles. The lowest BCUT2D eigenvalue weighted by molar-refractivity contribution is -0.115. The molecule has 0 aliphatic rings. The van der Waals surface area contributed by atoms with E-state index in [2.05, 4.69) is 21.4 Å². The van der Waals surface area contributed by atoms with Crippen LogP contribution in [0.1, 0.15) is 29.6 Å². The van der Waals surface area contributed by atoms with Gasteiger partial charge in [-0.1, -0.05) is 29.4 Å². The molecule has 1 heterocycles. The minimum absolute atomic E-state index is 0.178. The van der Waals surface area contributed by atoms with Crippen molar-refractivity contribution in [3.8, 4) is 6.07 Å². The van der Waals surface area contributed by atoms with E-state index in [1.807, 2.05) is 6.92 Å². The van der Waals surface area contributed by atoms with E-state index < -0.39 is 5.25 Å². The van der Waals surface area contributed by atoms with E-state index in [0.717, 1.165) is 5.56 Å². The number of halogens is 1. The van der Waals surface area contributed by atoms with Crippen LogP contribution in [0, 0.1) is 32.1 Å². The van der Waals surface area contributed by atoms with Gasteiger partial charge in [-0.2, -0.15) is 5.26 Å². The zero-order valence-electron chi connectivity index (χ0n) is 13.8. The van der Waals surface area contributed by atoms with Gasteiger partial charge in [0.1, 0.15) is 22.5 Å². The van der Waals surface area contributed by atoms with Crippen molar-refractivity contribution in [3.63, 3.8) is 0 Å². The molecule has 124 valence electrons. The van der Waals surface area contributed by atoms with Crippen LogP contribution in [0.25, 0.3) is 0 Å². The molecule has 0 spiro atoms. The highest BCUT2D eigenvalue weighted by molar-refractivity contribution is 8.00. The Morgan fingerprint density at radius 2 is 2.04 bits per heavy atom. The average Bonchev–Trinajstić information content (AvgIpc) is 2.51. The van der Waals surface area contributed by atoms with Crippen molar-refractivity contribution < 1.29 is 4.79 Å². The lowest BCUT2D eigenvalue weighted by Crippen LogP contribution is -2.23. The van der Waals surface area contributed by atoms with E-state index in [1.54, 1.807) is 39.0 Å². The maximum atomic E-state index is 12.4. The molecule has 1 aromatic carbocycles. The fourth-order valence-corrected chi connectivity index (χ4v) is 3.26. The van der Waals surface area contributed by atoms with Crippen LogP contribution in [0.5, 0.6) is 0 Å². The van der Waals surface area contributed by atoms with Gasteiger partial charge in [-0.3, -0.25) is 4.79 Å². The number of hydrogen-bond acceptors (Lipinski definition) is 5. The smallest absolute Gasteiger partial charge is 0.237 e. The van der Waals surface area contributed by atoms with Gasteiger partial charge in [0.25, 0.3) is 0 Å². The van der Waals surface area contributed by atoms with Crippen LogP contribution in [0.4, 0.5) is 5.69 Å². The zero-order chi connectivity index (χ0) is 17.9. The van der Waals surface area contributed by atoms with E-state index in [4.69, 9.17) is 11.6 Å². The molecule has 0 fully saturated rings. The highest BCUT2D eigenvalue weighted by atomic mass is 35.5. The summed E-state index contributed by atoms with van der Waals surface area (Å²) in [5.41, 5.74) is 2.52. The molecular formula is C17H17ClN4OS. The summed E-state index contributed by atoms with van der Waals surface area (Å²) in [5, 5.41) is 12.8. The molecule has 0 saturated heterocycles. The number of nitrogens with one attached hydrogen (secondary N) is 1. The molecule has 5 nitrogen and oxygen atoms in total. The topological polar surface area (TPSA) is 78.7 Å². The largest absolute Gasteiger partial charge is 0.325 e. The molecule has 0 saturated carbocycles. The summed E-state index contributed by atoms with van der Waals surface area (Å²) in [6.07, 6.45) is 0. The first-order chi connectivity index (χ1) is 11.3. The maximum Gasteiger partial charge on any atom is 0.237 e. The fourth-order valence-electron chi connectivity index (χ4n) is 2.09. The Bertz CT molecular complexity index is 832. The quantitative estimate of drug-likeness (QED) is 0.657. The van der Waals surface area contributed by atoms with Crippen LogP contribution >= 0.6 is 23.4 Å². The number of thioether (sulfide) groups is 1. The van der Waals surface area contributed by atoms with Gasteiger partial charge in [-0.25, -0.2) is 9.97 Å².